The molecule has 0 radical (unpaired) electrons. The summed E-state index contributed by atoms with van der Waals surface area (Å²) in [5.41, 5.74) is 5.02. The van der Waals surface area contributed by atoms with Crippen molar-refractivity contribution in [3.63, 3.8) is 0 Å². The molecule has 0 aliphatic heterocycles. The highest BCUT2D eigenvalue weighted by Crippen LogP contribution is 2.33. The predicted octanol–water partition coefficient (Wildman–Crippen LogP) is 3.66. The third-order valence-electron chi connectivity index (χ3n) is 5.03. The molecule has 0 amide bonds. The van der Waals surface area contributed by atoms with E-state index in [1.807, 2.05) is 31.3 Å². The number of aromatic amines is 1. The molecule has 5 rings (SSSR count). The molecule has 0 aliphatic carbocycles. The summed E-state index contributed by atoms with van der Waals surface area (Å²) in [6.45, 7) is 0. The summed E-state index contributed by atoms with van der Waals surface area (Å²) >= 11 is 0. The Morgan fingerprint density at radius 2 is 1.83 bits per heavy atom. The number of H-pyrrole nitrogens is 1. The van der Waals surface area contributed by atoms with E-state index in [9.17, 15) is 8.42 Å². The first kappa shape index (κ1) is 18.3. The highest BCUT2D eigenvalue weighted by atomic mass is 32.2. The van der Waals surface area contributed by atoms with Crippen molar-refractivity contribution in [3.05, 3.63) is 60.9 Å². The van der Waals surface area contributed by atoms with Crippen LogP contribution in [-0.2, 0) is 16.9 Å². The van der Waals surface area contributed by atoms with Crippen molar-refractivity contribution in [2.45, 2.75) is 4.90 Å². The summed E-state index contributed by atoms with van der Waals surface area (Å²) in [7, 11) is -1.39. The molecule has 3 heterocycles. The fourth-order valence-electron chi connectivity index (χ4n) is 3.49. The molecule has 0 bridgehead atoms. The number of hydrogen-bond donors (Lipinski definition) is 2. The Balaban J connectivity index is 1.64. The van der Waals surface area contributed by atoms with Crippen LogP contribution in [0.4, 0.5) is 11.4 Å². The maximum atomic E-state index is 11.7. The summed E-state index contributed by atoms with van der Waals surface area (Å²) in [4.78, 5) is 5.10. The monoisotopic (exact) mass is 418 g/mol. The van der Waals surface area contributed by atoms with Gasteiger partial charge in [-0.25, -0.2) is 13.4 Å². The minimum Gasteiger partial charge on any atom is -0.355 e. The third kappa shape index (κ3) is 3.09. The van der Waals surface area contributed by atoms with E-state index in [4.69, 9.17) is 4.98 Å². The molecule has 2 aromatic carbocycles. The molecule has 5 aromatic rings. The van der Waals surface area contributed by atoms with Gasteiger partial charge < -0.3 is 5.32 Å². The second kappa shape index (κ2) is 6.67. The molecule has 0 saturated carbocycles. The number of fused-ring (bicyclic) bond motifs is 2. The van der Waals surface area contributed by atoms with Crippen LogP contribution in [0.1, 0.15) is 0 Å². The Labute approximate surface area is 172 Å². The van der Waals surface area contributed by atoms with Crippen LogP contribution in [0, 0.1) is 0 Å². The summed E-state index contributed by atoms with van der Waals surface area (Å²) in [6, 6.07) is 14.6. The van der Waals surface area contributed by atoms with E-state index < -0.39 is 9.84 Å². The lowest BCUT2D eigenvalue weighted by molar-refractivity contribution is 0.602. The Morgan fingerprint density at radius 3 is 2.60 bits per heavy atom. The topological polar surface area (TPSA) is 106 Å². The number of pyridine rings is 1. The van der Waals surface area contributed by atoms with E-state index >= 15 is 0 Å². The van der Waals surface area contributed by atoms with E-state index in [2.05, 4.69) is 20.6 Å². The molecule has 2 N–H and O–H groups in total. The van der Waals surface area contributed by atoms with Gasteiger partial charge in [-0.2, -0.15) is 10.2 Å². The Hall–Kier alpha value is -3.72. The maximum absolute atomic E-state index is 11.7. The van der Waals surface area contributed by atoms with Crippen LogP contribution < -0.4 is 5.32 Å². The number of hydrogen-bond acceptors (Lipinski definition) is 6. The summed E-state index contributed by atoms with van der Waals surface area (Å²) in [5.74, 6) is 0. The molecule has 0 atom stereocenters. The second-order valence-corrected chi connectivity index (χ2v) is 9.13. The smallest absolute Gasteiger partial charge is 0.175 e. The quantitative estimate of drug-likeness (QED) is 0.461. The summed E-state index contributed by atoms with van der Waals surface area (Å²) in [5, 5.41) is 16.7. The molecule has 3 aromatic heterocycles. The summed E-state index contributed by atoms with van der Waals surface area (Å²) < 4.78 is 25.2. The molecule has 150 valence electrons. The first-order chi connectivity index (χ1) is 14.4. The van der Waals surface area contributed by atoms with E-state index in [1.54, 1.807) is 41.3 Å². The molecular formula is C21H18N6O2S. The molecule has 0 saturated heterocycles. The molecule has 9 heteroatoms. The summed E-state index contributed by atoms with van der Waals surface area (Å²) in [6.07, 6.45) is 4.74. The van der Waals surface area contributed by atoms with Gasteiger partial charge in [0, 0.05) is 29.9 Å². The fraction of sp³-hybridized carbons (Fsp3) is 0.0952. The lowest BCUT2D eigenvalue weighted by Gasteiger charge is -2.11. The molecular weight excluding hydrogens is 400 g/mol. The number of aromatic nitrogens is 5. The normalized spacial score (nSPS) is 11.9. The largest absolute Gasteiger partial charge is 0.355 e. The highest BCUT2D eigenvalue weighted by Gasteiger charge is 2.14. The minimum atomic E-state index is -3.24. The Bertz CT molecular complexity index is 1500. The zero-order valence-electron chi connectivity index (χ0n) is 16.3. The highest BCUT2D eigenvalue weighted by molar-refractivity contribution is 7.90. The van der Waals surface area contributed by atoms with Crippen LogP contribution in [0.15, 0.2) is 65.8 Å². The van der Waals surface area contributed by atoms with Crippen molar-refractivity contribution in [3.8, 4) is 11.3 Å². The van der Waals surface area contributed by atoms with Gasteiger partial charge in [-0.05, 0) is 36.4 Å². The van der Waals surface area contributed by atoms with Gasteiger partial charge in [-0.15, -0.1) is 0 Å². The van der Waals surface area contributed by atoms with Gasteiger partial charge in [0.1, 0.15) is 0 Å². The van der Waals surface area contributed by atoms with Crippen LogP contribution in [0.5, 0.6) is 0 Å². The van der Waals surface area contributed by atoms with Gasteiger partial charge >= 0.3 is 0 Å². The molecule has 0 unspecified atom stereocenters. The third-order valence-corrected chi connectivity index (χ3v) is 6.16. The molecule has 8 nitrogen and oxygen atoms in total. The number of sulfone groups is 1. The predicted molar refractivity (Wildman–Crippen MR) is 116 cm³/mol. The number of nitrogens with one attached hydrogen (secondary N) is 2. The van der Waals surface area contributed by atoms with E-state index in [0.29, 0.717) is 0 Å². The lowest BCUT2D eigenvalue weighted by Crippen LogP contribution is -1.99. The second-order valence-electron chi connectivity index (χ2n) is 7.12. The van der Waals surface area contributed by atoms with Crippen LogP contribution in [0.2, 0.25) is 0 Å². The van der Waals surface area contributed by atoms with Gasteiger partial charge in [-0.1, -0.05) is 12.1 Å². The maximum Gasteiger partial charge on any atom is 0.175 e. The molecule has 30 heavy (non-hydrogen) atoms. The number of nitrogens with zero attached hydrogens (tertiary/aromatic N) is 4. The van der Waals surface area contributed by atoms with Crippen molar-refractivity contribution >= 4 is 43.1 Å². The van der Waals surface area contributed by atoms with Crippen molar-refractivity contribution in [2.75, 3.05) is 11.6 Å². The van der Waals surface area contributed by atoms with E-state index in [-0.39, 0.29) is 4.90 Å². The standard InChI is InChI=1S/C21H18N6O2S/c1-27-21-17(12-23-27)20(24-13-6-8-14(9-7-13)30(2,28)29)10-19(25-21)15-4-3-5-18-16(15)11-22-26-18/h3-12H,1-2H3,(H,22,26)(H,24,25). The average Bonchev–Trinajstić information content (AvgIpc) is 3.34. The number of aryl methyl sites for hydroxylation is 1. The van der Waals surface area contributed by atoms with Crippen LogP contribution >= 0.6 is 0 Å². The van der Waals surface area contributed by atoms with Gasteiger partial charge in [0.15, 0.2) is 15.5 Å². The Kier molecular flexibility index (Phi) is 4.07. The van der Waals surface area contributed by atoms with Gasteiger partial charge in [0.25, 0.3) is 0 Å². The van der Waals surface area contributed by atoms with Gasteiger partial charge in [-0.3, -0.25) is 9.78 Å². The van der Waals surface area contributed by atoms with Crippen molar-refractivity contribution in [1.29, 1.82) is 0 Å². The zero-order valence-corrected chi connectivity index (χ0v) is 17.1. The Morgan fingerprint density at radius 1 is 1.03 bits per heavy atom. The van der Waals surface area contributed by atoms with E-state index in [0.717, 1.165) is 44.6 Å². The number of anilines is 2. The SMILES string of the molecule is Cn1ncc2c(Nc3ccc(S(C)(=O)=O)cc3)cc(-c3cccc4[nH]ncc34)nc21. The van der Waals surface area contributed by atoms with Crippen molar-refractivity contribution < 1.29 is 8.42 Å². The average molecular weight is 418 g/mol. The number of rotatable bonds is 4. The van der Waals surface area contributed by atoms with Crippen LogP contribution in [0.3, 0.4) is 0 Å². The van der Waals surface area contributed by atoms with Crippen molar-refractivity contribution in [1.82, 2.24) is 25.0 Å². The fourth-order valence-corrected chi connectivity index (χ4v) is 4.12. The van der Waals surface area contributed by atoms with Gasteiger partial charge in [0.05, 0.1) is 39.6 Å². The number of benzene rings is 2. The first-order valence-electron chi connectivity index (χ1n) is 9.22. The van der Waals surface area contributed by atoms with E-state index in [1.165, 1.54) is 6.26 Å². The first-order valence-corrected chi connectivity index (χ1v) is 11.1. The molecule has 0 aliphatic rings. The zero-order chi connectivity index (χ0) is 20.9. The molecule has 0 fully saturated rings. The van der Waals surface area contributed by atoms with Crippen molar-refractivity contribution in [2.24, 2.45) is 7.05 Å². The molecule has 0 spiro atoms. The van der Waals surface area contributed by atoms with Crippen LogP contribution in [0.25, 0.3) is 33.2 Å². The lowest BCUT2D eigenvalue weighted by atomic mass is 10.1. The van der Waals surface area contributed by atoms with Crippen LogP contribution in [-0.4, -0.2) is 39.6 Å². The van der Waals surface area contributed by atoms with Gasteiger partial charge in [0.2, 0.25) is 0 Å². The minimum absolute atomic E-state index is 0.279.